The van der Waals surface area contributed by atoms with Crippen LogP contribution in [0.4, 0.5) is 5.69 Å². The van der Waals surface area contributed by atoms with E-state index in [-0.39, 0.29) is 12.1 Å². The van der Waals surface area contributed by atoms with Crippen molar-refractivity contribution in [1.82, 2.24) is 20.3 Å². The topological polar surface area (TPSA) is 118 Å². The number of benzene rings is 2. The Kier molecular flexibility index (Phi) is 5.97. The quantitative estimate of drug-likeness (QED) is 0.265. The number of nitrogens with zero attached hydrogens (tertiary/aromatic N) is 2. The second-order valence-electron chi connectivity index (χ2n) is 8.43. The predicted molar refractivity (Wildman–Crippen MR) is 139 cm³/mol. The Morgan fingerprint density at radius 1 is 1.18 bits per heavy atom. The molecule has 34 heavy (non-hydrogen) atoms. The Bertz CT molecular complexity index is 1470. The van der Waals surface area contributed by atoms with Crippen molar-refractivity contribution in [2.24, 2.45) is 4.99 Å². The first-order valence-electron chi connectivity index (χ1n) is 11.1. The summed E-state index contributed by atoms with van der Waals surface area (Å²) in [5, 5.41) is 17.2. The van der Waals surface area contributed by atoms with Gasteiger partial charge in [-0.25, -0.2) is 4.98 Å². The van der Waals surface area contributed by atoms with E-state index in [1.54, 1.807) is 12.3 Å². The van der Waals surface area contributed by atoms with Crippen LogP contribution in [0.1, 0.15) is 28.4 Å². The van der Waals surface area contributed by atoms with Crippen LogP contribution in [-0.4, -0.2) is 45.5 Å². The van der Waals surface area contributed by atoms with Gasteiger partial charge in [0.05, 0.1) is 29.4 Å². The molecule has 1 aliphatic rings. The van der Waals surface area contributed by atoms with Gasteiger partial charge >= 0.3 is 0 Å². The van der Waals surface area contributed by atoms with E-state index < -0.39 is 6.10 Å². The van der Waals surface area contributed by atoms with Crippen molar-refractivity contribution in [3.8, 4) is 11.4 Å². The van der Waals surface area contributed by atoms with E-state index in [1.807, 2.05) is 38.1 Å². The molecule has 0 amide bonds. The number of nitrogens with one attached hydrogen (secondary N) is 4. The molecule has 4 aromatic rings. The molecule has 9 heteroatoms. The number of hydrogen-bond donors (Lipinski definition) is 5. The third-order valence-corrected chi connectivity index (χ3v) is 6.84. The first-order valence-corrected chi connectivity index (χ1v) is 11.9. The molecule has 0 saturated heterocycles. The molecule has 174 valence electrons. The van der Waals surface area contributed by atoms with E-state index in [0.717, 1.165) is 56.7 Å². The second kappa shape index (κ2) is 9.08. The van der Waals surface area contributed by atoms with Gasteiger partial charge in [-0.1, -0.05) is 28.1 Å². The minimum atomic E-state index is -0.746. The average Bonchev–Trinajstić information content (AvgIpc) is 3.49. The average molecular weight is 521 g/mol. The lowest BCUT2D eigenvalue weighted by Crippen LogP contribution is -2.19. The lowest BCUT2D eigenvalue weighted by atomic mass is 10.1. The second-order valence-corrected chi connectivity index (χ2v) is 9.29. The zero-order chi connectivity index (χ0) is 23.8. The summed E-state index contributed by atoms with van der Waals surface area (Å²) in [6.07, 6.45) is 0.836. The number of aliphatic imine (C=N–C) groups is 1. The van der Waals surface area contributed by atoms with E-state index in [0.29, 0.717) is 17.1 Å². The van der Waals surface area contributed by atoms with Gasteiger partial charge in [-0.2, -0.15) is 0 Å². The largest absolute Gasteiger partial charge is 0.387 e. The first kappa shape index (κ1) is 22.4. The molecule has 5 rings (SSSR count). The number of rotatable bonds is 6. The summed E-state index contributed by atoms with van der Waals surface area (Å²) in [7, 11) is 0. The van der Waals surface area contributed by atoms with Gasteiger partial charge in [0.15, 0.2) is 0 Å². The van der Waals surface area contributed by atoms with Gasteiger partial charge in [-0.3, -0.25) is 9.79 Å². The van der Waals surface area contributed by atoms with Crippen molar-refractivity contribution in [2.45, 2.75) is 20.0 Å². The molecular formula is C25H25BrN6O2. The molecule has 0 aliphatic carbocycles. The number of aromatic amines is 2. The molecule has 2 aromatic carbocycles. The number of fused-ring (bicyclic) bond motifs is 1. The van der Waals surface area contributed by atoms with Crippen molar-refractivity contribution >= 4 is 38.5 Å². The van der Waals surface area contributed by atoms with Crippen LogP contribution in [0, 0.1) is 13.8 Å². The SMILES string of the molecule is Cc1ccc(C(O)CNc2cc[nH]c(=O)c2-c2nc3c(C)cc(C4=NCCN4)cc3[nH]2)cc1Br. The monoisotopic (exact) mass is 520 g/mol. The smallest absolute Gasteiger partial charge is 0.261 e. The number of amidine groups is 1. The lowest BCUT2D eigenvalue weighted by Gasteiger charge is -2.15. The maximum Gasteiger partial charge on any atom is 0.261 e. The molecule has 0 bridgehead atoms. The molecule has 1 atom stereocenters. The minimum Gasteiger partial charge on any atom is -0.387 e. The highest BCUT2D eigenvalue weighted by Crippen LogP contribution is 2.28. The van der Waals surface area contributed by atoms with Crippen molar-refractivity contribution in [3.05, 3.63) is 79.7 Å². The molecular weight excluding hydrogens is 496 g/mol. The van der Waals surface area contributed by atoms with E-state index >= 15 is 0 Å². The van der Waals surface area contributed by atoms with E-state index in [9.17, 15) is 9.90 Å². The normalized spacial score (nSPS) is 14.2. The third kappa shape index (κ3) is 4.24. The van der Waals surface area contributed by atoms with Crippen LogP contribution in [0.15, 0.2) is 56.9 Å². The number of H-pyrrole nitrogens is 2. The summed E-state index contributed by atoms with van der Waals surface area (Å²) in [6.45, 7) is 5.83. The number of pyridine rings is 1. The van der Waals surface area contributed by atoms with Gasteiger partial charge in [0.2, 0.25) is 0 Å². The third-order valence-electron chi connectivity index (χ3n) is 5.99. The van der Waals surface area contributed by atoms with E-state index in [4.69, 9.17) is 4.98 Å². The van der Waals surface area contributed by atoms with E-state index in [2.05, 4.69) is 47.6 Å². The fourth-order valence-electron chi connectivity index (χ4n) is 4.14. The van der Waals surface area contributed by atoms with Gasteiger partial charge in [-0.05, 0) is 54.8 Å². The molecule has 2 aromatic heterocycles. The summed E-state index contributed by atoms with van der Waals surface area (Å²) in [4.78, 5) is 28.1. The molecule has 0 radical (unpaired) electrons. The Morgan fingerprint density at radius 3 is 2.79 bits per heavy atom. The fraction of sp³-hybridized carbons (Fsp3) is 0.240. The molecule has 1 aliphatic heterocycles. The summed E-state index contributed by atoms with van der Waals surface area (Å²) in [6, 6.07) is 11.6. The Labute approximate surface area is 204 Å². The van der Waals surface area contributed by atoms with Crippen molar-refractivity contribution < 1.29 is 5.11 Å². The van der Waals surface area contributed by atoms with Gasteiger partial charge in [-0.15, -0.1) is 0 Å². The van der Waals surface area contributed by atoms with Crippen molar-refractivity contribution in [2.75, 3.05) is 25.0 Å². The van der Waals surface area contributed by atoms with Crippen molar-refractivity contribution in [3.63, 3.8) is 0 Å². The Morgan fingerprint density at radius 2 is 2.03 bits per heavy atom. The summed E-state index contributed by atoms with van der Waals surface area (Å²) in [5.41, 5.74) is 6.22. The lowest BCUT2D eigenvalue weighted by molar-refractivity contribution is 0.191. The van der Waals surface area contributed by atoms with Crippen LogP contribution in [0.2, 0.25) is 0 Å². The predicted octanol–water partition coefficient (Wildman–Crippen LogP) is 3.79. The molecule has 3 heterocycles. The summed E-state index contributed by atoms with van der Waals surface area (Å²) < 4.78 is 0.941. The number of aryl methyl sites for hydroxylation is 2. The van der Waals surface area contributed by atoms with E-state index in [1.165, 1.54) is 0 Å². The molecule has 0 fully saturated rings. The number of hydrogen-bond acceptors (Lipinski definition) is 6. The molecule has 0 spiro atoms. The maximum atomic E-state index is 12.8. The summed E-state index contributed by atoms with van der Waals surface area (Å²) in [5.74, 6) is 1.34. The number of anilines is 1. The van der Waals surface area contributed by atoms with Crippen LogP contribution in [0.5, 0.6) is 0 Å². The highest BCUT2D eigenvalue weighted by Gasteiger charge is 2.18. The van der Waals surface area contributed by atoms with Crippen LogP contribution >= 0.6 is 15.9 Å². The van der Waals surface area contributed by atoms with Crippen LogP contribution < -0.4 is 16.2 Å². The van der Waals surface area contributed by atoms with Gasteiger partial charge < -0.3 is 25.7 Å². The Hall–Kier alpha value is -3.43. The Balaban J connectivity index is 1.47. The van der Waals surface area contributed by atoms with Crippen LogP contribution in [0.25, 0.3) is 22.4 Å². The zero-order valence-corrected chi connectivity index (χ0v) is 20.5. The highest BCUT2D eigenvalue weighted by molar-refractivity contribution is 9.10. The van der Waals surface area contributed by atoms with Crippen LogP contribution in [0.3, 0.4) is 0 Å². The molecule has 1 unspecified atom stereocenters. The summed E-state index contributed by atoms with van der Waals surface area (Å²) >= 11 is 3.51. The van der Waals surface area contributed by atoms with Gasteiger partial charge in [0, 0.05) is 29.3 Å². The number of aromatic nitrogens is 3. The van der Waals surface area contributed by atoms with Crippen LogP contribution in [-0.2, 0) is 0 Å². The minimum absolute atomic E-state index is 0.237. The standard InChI is InChI=1S/C25H25BrN6O2/c1-13-3-4-15(10-17(13)26)20(33)12-30-18-5-6-29-25(34)21(18)24-31-19-11-16(23-27-7-8-28-23)9-14(2)22(19)32-24/h3-6,9-11,20,33H,7-8,12H2,1-2H3,(H,27,28)(H,31,32)(H2,29,30,34). The number of aliphatic hydroxyl groups is 1. The molecule has 5 N–H and O–H groups in total. The highest BCUT2D eigenvalue weighted by atomic mass is 79.9. The van der Waals surface area contributed by atoms with Gasteiger partial charge in [0.1, 0.15) is 17.2 Å². The van der Waals surface area contributed by atoms with Gasteiger partial charge in [0.25, 0.3) is 5.56 Å². The molecule has 8 nitrogen and oxygen atoms in total. The number of imidazole rings is 1. The fourth-order valence-corrected chi connectivity index (χ4v) is 4.54. The van der Waals surface area contributed by atoms with Crippen molar-refractivity contribution in [1.29, 1.82) is 0 Å². The number of aliphatic hydroxyl groups excluding tert-OH is 1. The number of halogens is 1. The first-order chi connectivity index (χ1) is 16.4. The zero-order valence-electron chi connectivity index (χ0n) is 18.9. The molecule has 0 saturated carbocycles. The maximum absolute atomic E-state index is 12.8.